The van der Waals surface area contributed by atoms with E-state index in [1.807, 2.05) is 4.90 Å². The zero-order chi connectivity index (χ0) is 13.9. The Morgan fingerprint density at radius 3 is 2.24 bits per heavy atom. The first kappa shape index (κ1) is 20.8. The van der Waals surface area contributed by atoms with Crippen LogP contribution in [0.4, 0.5) is 13.2 Å². The molecule has 0 aliphatic carbocycles. The number of nitrogens with one attached hydrogen (secondary N) is 1. The number of benzene rings is 1. The van der Waals surface area contributed by atoms with Crippen LogP contribution in [0.5, 0.6) is 0 Å². The zero-order valence-electron chi connectivity index (χ0n) is 11.2. The van der Waals surface area contributed by atoms with Crippen LogP contribution in [0.1, 0.15) is 18.0 Å². The monoisotopic (exact) mass is 364 g/mol. The fourth-order valence-electron chi connectivity index (χ4n) is 2.39. The van der Waals surface area contributed by atoms with Gasteiger partial charge in [0.2, 0.25) is 0 Å². The molecule has 0 aromatic heterocycles. The second kappa shape index (κ2) is 9.06. The van der Waals surface area contributed by atoms with E-state index in [0.29, 0.717) is 36.8 Å². The number of alkyl halides is 3. The maximum atomic E-state index is 12.8. The van der Waals surface area contributed by atoms with Crippen molar-refractivity contribution in [1.29, 1.82) is 0 Å². The Hall–Kier alpha value is -0.200. The van der Waals surface area contributed by atoms with Gasteiger partial charge in [0, 0.05) is 37.2 Å². The first-order chi connectivity index (χ1) is 8.97. The molecule has 2 rings (SSSR count). The van der Waals surface area contributed by atoms with Gasteiger partial charge in [0.1, 0.15) is 0 Å². The molecule has 1 fully saturated rings. The molecule has 0 unspecified atom stereocenters. The molecule has 122 valence electrons. The van der Waals surface area contributed by atoms with Crippen LogP contribution in [0.15, 0.2) is 24.3 Å². The second-order valence-electron chi connectivity index (χ2n) is 4.64. The minimum atomic E-state index is -4.20. The molecule has 1 aliphatic heterocycles. The number of hydrogen-bond donors (Lipinski definition) is 1. The van der Waals surface area contributed by atoms with Crippen LogP contribution in [0.2, 0.25) is 5.02 Å². The molecule has 1 saturated heterocycles. The van der Waals surface area contributed by atoms with Crippen LogP contribution in [-0.2, 0) is 0 Å². The highest BCUT2D eigenvalue weighted by atomic mass is 35.5. The number of rotatable bonds is 3. The van der Waals surface area contributed by atoms with Crippen molar-refractivity contribution < 1.29 is 13.2 Å². The Morgan fingerprint density at radius 2 is 1.71 bits per heavy atom. The molecule has 0 saturated carbocycles. The summed E-state index contributed by atoms with van der Waals surface area (Å²) in [5.74, 6) is 0. The first-order valence-electron chi connectivity index (χ1n) is 6.23. The average molecular weight is 366 g/mol. The first-order valence-corrected chi connectivity index (χ1v) is 6.61. The quantitative estimate of drug-likeness (QED) is 0.868. The molecule has 0 spiro atoms. The lowest BCUT2D eigenvalue weighted by molar-refractivity contribution is -0.148. The van der Waals surface area contributed by atoms with Crippen molar-refractivity contribution in [3.05, 3.63) is 34.9 Å². The van der Waals surface area contributed by atoms with E-state index in [1.54, 1.807) is 24.3 Å². The maximum absolute atomic E-state index is 12.8. The van der Waals surface area contributed by atoms with Gasteiger partial charge >= 0.3 is 6.18 Å². The largest absolute Gasteiger partial charge is 0.390 e. The van der Waals surface area contributed by atoms with E-state index >= 15 is 0 Å². The van der Waals surface area contributed by atoms with Gasteiger partial charge < -0.3 is 5.32 Å². The van der Waals surface area contributed by atoms with Crippen LogP contribution in [-0.4, -0.2) is 37.3 Å². The van der Waals surface area contributed by atoms with Crippen LogP contribution in [0, 0.1) is 0 Å². The van der Waals surface area contributed by atoms with Gasteiger partial charge in [-0.05, 0) is 11.6 Å². The summed E-state index contributed by atoms with van der Waals surface area (Å²) >= 11 is 6.06. The standard InChI is InChI=1S/C13H16ClF3N2.2ClH/c14-11-4-2-1-3-10(11)12(9-13(15,16)17)19-7-5-18-6-8-19;;/h1-4,12,18H,5-9H2;2*1H/t12-;;/m1../s1. The third kappa shape index (κ3) is 6.20. The summed E-state index contributed by atoms with van der Waals surface area (Å²) in [7, 11) is 0. The van der Waals surface area contributed by atoms with Crippen molar-refractivity contribution in [2.24, 2.45) is 0 Å². The molecule has 0 amide bonds. The van der Waals surface area contributed by atoms with E-state index in [4.69, 9.17) is 11.6 Å². The van der Waals surface area contributed by atoms with Gasteiger partial charge in [-0.1, -0.05) is 29.8 Å². The molecular formula is C13H18Cl3F3N2. The molecule has 1 aliphatic rings. The zero-order valence-corrected chi connectivity index (χ0v) is 13.6. The van der Waals surface area contributed by atoms with Crippen molar-refractivity contribution in [3.8, 4) is 0 Å². The van der Waals surface area contributed by atoms with Crippen LogP contribution >= 0.6 is 36.4 Å². The van der Waals surface area contributed by atoms with Gasteiger partial charge in [0.15, 0.2) is 0 Å². The maximum Gasteiger partial charge on any atom is 0.390 e. The van der Waals surface area contributed by atoms with Crippen molar-refractivity contribution in [2.75, 3.05) is 26.2 Å². The van der Waals surface area contributed by atoms with E-state index in [-0.39, 0.29) is 24.8 Å². The predicted octanol–water partition coefficient (Wildman–Crippen LogP) is 4.08. The minimum Gasteiger partial charge on any atom is -0.314 e. The normalized spacial score (nSPS) is 17.5. The SMILES string of the molecule is Cl.Cl.FC(F)(F)C[C@H](c1ccccc1Cl)N1CCNCC1. The summed E-state index contributed by atoms with van der Waals surface area (Å²) in [5, 5.41) is 3.54. The Balaban J connectivity index is 0.00000200. The summed E-state index contributed by atoms with van der Waals surface area (Å²) in [6.07, 6.45) is -5.06. The van der Waals surface area contributed by atoms with E-state index < -0.39 is 18.6 Å². The molecule has 8 heteroatoms. The minimum absolute atomic E-state index is 0. The Labute approximate surface area is 139 Å². The molecule has 2 nitrogen and oxygen atoms in total. The molecule has 0 bridgehead atoms. The van der Waals surface area contributed by atoms with Gasteiger partial charge in [-0.2, -0.15) is 13.2 Å². The van der Waals surface area contributed by atoms with Gasteiger partial charge in [-0.25, -0.2) is 0 Å². The molecular weight excluding hydrogens is 348 g/mol. The van der Waals surface area contributed by atoms with E-state index in [9.17, 15) is 13.2 Å². The van der Waals surface area contributed by atoms with Crippen molar-refractivity contribution in [3.63, 3.8) is 0 Å². The van der Waals surface area contributed by atoms with E-state index in [1.165, 1.54) is 0 Å². The highest BCUT2D eigenvalue weighted by Crippen LogP contribution is 2.36. The summed E-state index contributed by atoms with van der Waals surface area (Å²) in [4.78, 5) is 1.85. The van der Waals surface area contributed by atoms with Crippen LogP contribution in [0.25, 0.3) is 0 Å². The average Bonchev–Trinajstić information content (AvgIpc) is 2.37. The summed E-state index contributed by atoms with van der Waals surface area (Å²) in [6.45, 7) is 2.62. The lowest BCUT2D eigenvalue weighted by Gasteiger charge is -2.36. The number of nitrogens with zero attached hydrogens (tertiary/aromatic N) is 1. The number of hydrogen-bond acceptors (Lipinski definition) is 2. The topological polar surface area (TPSA) is 15.3 Å². The number of halogens is 6. The predicted molar refractivity (Wildman–Crippen MR) is 83.8 cm³/mol. The molecule has 1 atom stereocenters. The third-order valence-corrected chi connectivity index (χ3v) is 3.63. The van der Waals surface area contributed by atoms with Gasteiger partial charge in [0.05, 0.1) is 6.42 Å². The van der Waals surface area contributed by atoms with E-state index in [0.717, 1.165) is 0 Å². The van der Waals surface area contributed by atoms with Crippen molar-refractivity contribution in [1.82, 2.24) is 10.2 Å². The molecule has 0 radical (unpaired) electrons. The molecule has 1 N–H and O–H groups in total. The van der Waals surface area contributed by atoms with Gasteiger partial charge in [0.25, 0.3) is 0 Å². The highest BCUT2D eigenvalue weighted by Gasteiger charge is 2.36. The van der Waals surface area contributed by atoms with Crippen molar-refractivity contribution >= 4 is 36.4 Å². The fraction of sp³-hybridized carbons (Fsp3) is 0.538. The lowest BCUT2D eigenvalue weighted by Crippen LogP contribution is -2.46. The summed E-state index contributed by atoms with van der Waals surface area (Å²) in [5.41, 5.74) is 0.559. The van der Waals surface area contributed by atoms with Crippen LogP contribution < -0.4 is 5.32 Å². The molecule has 21 heavy (non-hydrogen) atoms. The number of piperazine rings is 1. The Kier molecular flexibility index (Phi) is 8.97. The highest BCUT2D eigenvalue weighted by molar-refractivity contribution is 6.31. The molecule has 1 aromatic rings. The fourth-order valence-corrected chi connectivity index (χ4v) is 2.66. The summed E-state index contributed by atoms with van der Waals surface area (Å²) in [6, 6.07) is 6.08. The van der Waals surface area contributed by atoms with Gasteiger partial charge in [-0.3, -0.25) is 4.90 Å². The smallest absolute Gasteiger partial charge is 0.314 e. The third-order valence-electron chi connectivity index (χ3n) is 3.28. The molecule has 1 heterocycles. The molecule has 1 aromatic carbocycles. The lowest BCUT2D eigenvalue weighted by atomic mass is 10.0. The van der Waals surface area contributed by atoms with Gasteiger partial charge in [-0.15, -0.1) is 24.8 Å². The van der Waals surface area contributed by atoms with Crippen LogP contribution in [0.3, 0.4) is 0 Å². The summed E-state index contributed by atoms with van der Waals surface area (Å²) < 4.78 is 38.4. The Bertz CT molecular complexity index is 423. The van der Waals surface area contributed by atoms with E-state index in [2.05, 4.69) is 5.32 Å². The van der Waals surface area contributed by atoms with Crippen molar-refractivity contribution in [2.45, 2.75) is 18.6 Å². The second-order valence-corrected chi connectivity index (χ2v) is 5.05. The Morgan fingerprint density at radius 1 is 1.14 bits per heavy atom.